The summed E-state index contributed by atoms with van der Waals surface area (Å²) in [6.07, 6.45) is 3.97. The fourth-order valence-electron chi connectivity index (χ4n) is 4.77. The first-order chi connectivity index (χ1) is 18.7. The monoisotopic (exact) mass is 512 g/mol. The van der Waals surface area contributed by atoms with Crippen LogP contribution in [-0.2, 0) is 16.0 Å². The lowest BCUT2D eigenvalue weighted by atomic mass is 10.1. The van der Waals surface area contributed by atoms with Gasteiger partial charge in [0.2, 0.25) is 17.8 Å². The van der Waals surface area contributed by atoms with Crippen molar-refractivity contribution in [3.63, 3.8) is 0 Å². The first kappa shape index (κ1) is 24.3. The van der Waals surface area contributed by atoms with Crippen molar-refractivity contribution in [1.29, 1.82) is 0 Å². The van der Waals surface area contributed by atoms with Crippen LogP contribution in [0.25, 0.3) is 10.9 Å². The van der Waals surface area contributed by atoms with E-state index in [0.717, 1.165) is 43.7 Å². The van der Waals surface area contributed by atoms with Crippen molar-refractivity contribution >= 4 is 35.0 Å². The summed E-state index contributed by atoms with van der Waals surface area (Å²) in [4.78, 5) is 18.4. The molecule has 2 saturated heterocycles. The Bertz CT molecular complexity index is 1370. The first-order valence-corrected chi connectivity index (χ1v) is 13.1. The molecule has 0 aliphatic carbocycles. The molecule has 2 aliphatic heterocycles. The zero-order valence-corrected chi connectivity index (χ0v) is 21.6. The fourth-order valence-corrected chi connectivity index (χ4v) is 4.77. The normalized spacial score (nSPS) is 16.4. The Hall–Kier alpha value is -4.02. The lowest BCUT2D eigenvalue weighted by Crippen LogP contribution is -2.40. The molecule has 4 aromatic rings. The van der Waals surface area contributed by atoms with Crippen LogP contribution in [0, 0.1) is 6.92 Å². The second kappa shape index (κ2) is 11.2. The Labute approximate surface area is 221 Å². The van der Waals surface area contributed by atoms with Crippen molar-refractivity contribution in [2.75, 3.05) is 67.8 Å². The molecule has 0 spiro atoms. The van der Waals surface area contributed by atoms with E-state index in [9.17, 15) is 0 Å². The number of hydrogen-bond acceptors (Lipinski definition) is 9. The molecule has 10 heteroatoms. The van der Waals surface area contributed by atoms with E-state index in [4.69, 9.17) is 14.5 Å². The molecule has 6 rings (SSSR count). The van der Waals surface area contributed by atoms with Crippen molar-refractivity contribution in [3.05, 3.63) is 71.4 Å². The second-order valence-corrected chi connectivity index (χ2v) is 9.54. The highest BCUT2D eigenvalue weighted by atomic mass is 16.5. The molecule has 0 amide bonds. The molecule has 4 heterocycles. The third kappa shape index (κ3) is 5.46. The van der Waals surface area contributed by atoms with Crippen LogP contribution in [0.4, 0.5) is 17.8 Å². The van der Waals surface area contributed by atoms with Gasteiger partial charge in [-0.05, 0) is 18.6 Å². The summed E-state index contributed by atoms with van der Waals surface area (Å²) < 4.78 is 13.3. The standard InChI is InChI=1S/C28H32N8O2/c1-21-6-8-22(9-7-21)19-36-20-23(24-4-2-3-5-25(24)36)18-29-33-26-30-27(34-10-14-37-15-11-34)32-28(31-26)35-12-16-38-17-13-35/h2-9,18,20H,10-17,19H2,1H3,(H,30,31,32,33)/b29-18+. The van der Waals surface area contributed by atoms with E-state index in [1.165, 1.54) is 16.6 Å². The number of fused-ring (bicyclic) bond motifs is 1. The van der Waals surface area contributed by atoms with Crippen molar-refractivity contribution < 1.29 is 9.47 Å². The third-order valence-corrected chi connectivity index (χ3v) is 6.86. The summed E-state index contributed by atoms with van der Waals surface area (Å²) in [5.74, 6) is 1.69. The highest BCUT2D eigenvalue weighted by Gasteiger charge is 2.20. The average molecular weight is 513 g/mol. The largest absolute Gasteiger partial charge is 0.378 e. The van der Waals surface area contributed by atoms with E-state index in [0.29, 0.717) is 44.3 Å². The molecule has 0 bridgehead atoms. The third-order valence-electron chi connectivity index (χ3n) is 6.86. The van der Waals surface area contributed by atoms with E-state index in [1.807, 2.05) is 6.21 Å². The van der Waals surface area contributed by atoms with E-state index < -0.39 is 0 Å². The molecule has 0 atom stereocenters. The molecule has 196 valence electrons. The van der Waals surface area contributed by atoms with E-state index >= 15 is 0 Å². The number of anilines is 3. The number of nitrogens with one attached hydrogen (secondary N) is 1. The van der Waals surface area contributed by atoms with Crippen molar-refractivity contribution in [3.8, 4) is 0 Å². The average Bonchev–Trinajstić information content (AvgIpc) is 3.32. The minimum atomic E-state index is 0.419. The molecule has 1 N–H and O–H groups in total. The van der Waals surface area contributed by atoms with Crippen molar-refractivity contribution in [1.82, 2.24) is 19.5 Å². The molecule has 10 nitrogen and oxygen atoms in total. The minimum absolute atomic E-state index is 0.419. The lowest BCUT2D eigenvalue weighted by Gasteiger charge is -2.30. The van der Waals surface area contributed by atoms with Gasteiger partial charge in [0, 0.05) is 55.4 Å². The number of morpholine rings is 2. The molecule has 2 aromatic heterocycles. The van der Waals surface area contributed by atoms with Crippen molar-refractivity contribution in [2.24, 2.45) is 5.10 Å². The molecule has 2 aliphatic rings. The fraction of sp³-hybridized carbons (Fsp3) is 0.357. The van der Waals surface area contributed by atoms with Gasteiger partial charge in [0.25, 0.3) is 0 Å². The number of benzene rings is 2. The Morgan fingerprint density at radius 1 is 0.842 bits per heavy atom. The number of aryl methyl sites for hydroxylation is 1. The van der Waals surface area contributed by atoms with Crippen LogP contribution in [0.5, 0.6) is 0 Å². The van der Waals surface area contributed by atoms with Gasteiger partial charge in [-0.1, -0.05) is 48.0 Å². The number of aromatic nitrogens is 4. The van der Waals surface area contributed by atoms with E-state index in [1.54, 1.807) is 0 Å². The zero-order valence-electron chi connectivity index (χ0n) is 21.6. The lowest BCUT2D eigenvalue weighted by molar-refractivity contribution is 0.121. The number of hydrogen-bond donors (Lipinski definition) is 1. The first-order valence-electron chi connectivity index (χ1n) is 13.1. The predicted molar refractivity (Wildman–Crippen MR) is 149 cm³/mol. The topological polar surface area (TPSA) is 92.9 Å². The number of rotatable bonds is 7. The second-order valence-electron chi connectivity index (χ2n) is 9.54. The Balaban J connectivity index is 1.25. The van der Waals surface area contributed by atoms with Gasteiger partial charge in [-0.3, -0.25) is 0 Å². The summed E-state index contributed by atoms with van der Waals surface area (Å²) >= 11 is 0. The van der Waals surface area contributed by atoms with Crippen molar-refractivity contribution in [2.45, 2.75) is 13.5 Å². The number of hydrazone groups is 1. The molecule has 2 aromatic carbocycles. The van der Waals surface area contributed by atoms with E-state index in [-0.39, 0.29) is 0 Å². The highest BCUT2D eigenvalue weighted by molar-refractivity contribution is 5.99. The van der Waals surface area contributed by atoms with Crippen LogP contribution in [0.1, 0.15) is 16.7 Å². The van der Waals surface area contributed by atoms with Gasteiger partial charge in [0.1, 0.15) is 0 Å². The Kier molecular flexibility index (Phi) is 7.14. The van der Waals surface area contributed by atoms with Gasteiger partial charge in [-0.15, -0.1) is 0 Å². The summed E-state index contributed by atoms with van der Waals surface area (Å²) in [5.41, 5.74) is 7.77. The van der Waals surface area contributed by atoms with Crippen LogP contribution in [0.3, 0.4) is 0 Å². The van der Waals surface area contributed by atoms with Crippen LogP contribution in [0.15, 0.2) is 59.8 Å². The van der Waals surface area contributed by atoms with E-state index in [2.05, 4.69) is 96.5 Å². The Morgan fingerprint density at radius 3 is 2.13 bits per heavy atom. The van der Waals surface area contributed by atoms with Crippen LogP contribution in [0.2, 0.25) is 0 Å². The molecular formula is C28H32N8O2. The number of ether oxygens (including phenoxy) is 2. The smallest absolute Gasteiger partial charge is 0.250 e. The maximum absolute atomic E-state index is 5.51. The predicted octanol–water partition coefficient (Wildman–Crippen LogP) is 3.30. The minimum Gasteiger partial charge on any atom is -0.378 e. The van der Waals surface area contributed by atoms with Crippen LogP contribution >= 0.6 is 0 Å². The molecule has 38 heavy (non-hydrogen) atoms. The SMILES string of the molecule is Cc1ccc(Cn2cc(/C=N/Nc3nc(N4CCOCC4)nc(N4CCOCC4)n3)c3ccccc32)cc1. The maximum Gasteiger partial charge on any atom is 0.250 e. The Morgan fingerprint density at radius 2 is 1.47 bits per heavy atom. The quantitative estimate of drug-likeness (QED) is 0.298. The molecule has 0 saturated carbocycles. The number of nitrogens with zero attached hydrogens (tertiary/aromatic N) is 7. The summed E-state index contributed by atoms with van der Waals surface area (Å²) in [5, 5.41) is 5.68. The molecule has 0 unspecified atom stereocenters. The van der Waals surface area contributed by atoms with Gasteiger partial charge in [-0.25, -0.2) is 5.43 Å². The molecule has 0 radical (unpaired) electrons. The van der Waals surface area contributed by atoms with Gasteiger partial charge in [-0.2, -0.15) is 20.1 Å². The van der Waals surface area contributed by atoms with Gasteiger partial charge in [0.05, 0.1) is 32.6 Å². The van der Waals surface area contributed by atoms with Gasteiger partial charge < -0.3 is 23.8 Å². The highest BCUT2D eigenvalue weighted by Crippen LogP contribution is 2.22. The molecule has 2 fully saturated rings. The molecular weight excluding hydrogens is 480 g/mol. The summed E-state index contributed by atoms with van der Waals surface area (Å²) in [6.45, 7) is 8.52. The summed E-state index contributed by atoms with van der Waals surface area (Å²) in [6, 6.07) is 17.0. The van der Waals surface area contributed by atoms with Gasteiger partial charge in [0.15, 0.2) is 0 Å². The summed E-state index contributed by atoms with van der Waals surface area (Å²) in [7, 11) is 0. The zero-order chi connectivity index (χ0) is 25.7. The maximum atomic E-state index is 5.51. The van der Waals surface area contributed by atoms with Crippen LogP contribution < -0.4 is 15.2 Å². The van der Waals surface area contributed by atoms with Crippen LogP contribution in [-0.4, -0.2) is 78.3 Å². The number of para-hydroxylation sites is 1. The van der Waals surface area contributed by atoms with Gasteiger partial charge >= 0.3 is 0 Å².